The number of phenolic OH excluding ortho intramolecular Hbond substituents is 1. The van der Waals surface area contributed by atoms with Gasteiger partial charge in [-0.3, -0.25) is 14.9 Å². The summed E-state index contributed by atoms with van der Waals surface area (Å²) in [4.78, 5) is 21.3. The average molecular weight is 285 g/mol. The Kier molecular flexibility index (Phi) is 3.58. The summed E-state index contributed by atoms with van der Waals surface area (Å²) in [6, 6.07) is 3.49. The minimum atomic E-state index is -0.812. The molecule has 82 valence electrons. The van der Waals surface area contributed by atoms with Crippen molar-refractivity contribution in [3.8, 4) is 11.8 Å². The Morgan fingerprint density at radius 2 is 2.25 bits per heavy atom. The zero-order valence-corrected chi connectivity index (χ0v) is 9.39. The lowest BCUT2D eigenvalue weighted by atomic mass is 10.0. The van der Waals surface area contributed by atoms with Crippen molar-refractivity contribution < 1.29 is 14.8 Å². The van der Waals surface area contributed by atoms with Crippen LogP contribution in [0.15, 0.2) is 12.1 Å². The molecule has 0 bridgehead atoms. The maximum Gasteiger partial charge on any atom is 0.298 e. The van der Waals surface area contributed by atoms with Crippen LogP contribution >= 0.6 is 15.9 Å². The van der Waals surface area contributed by atoms with Crippen LogP contribution in [0.4, 0.5) is 5.69 Å². The fraction of sp³-hybridized carbons (Fsp3) is 0.111. The van der Waals surface area contributed by atoms with E-state index in [0.29, 0.717) is 0 Å². The molecule has 0 amide bonds. The van der Waals surface area contributed by atoms with Crippen molar-refractivity contribution in [3.63, 3.8) is 0 Å². The molecule has 0 aliphatic carbocycles. The Balaban J connectivity index is 3.58. The molecule has 0 radical (unpaired) electrons. The van der Waals surface area contributed by atoms with E-state index < -0.39 is 16.4 Å². The second-order valence-corrected chi connectivity index (χ2v) is 3.38. The molecule has 0 spiro atoms. The van der Waals surface area contributed by atoms with Gasteiger partial charge in [0.2, 0.25) is 0 Å². The maximum atomic E-state index is 11.4. The van der Waals surface area contributed by atoms with Crippen molar-refractivity contribution in [3.05, 3.63) is 33.4 Å². The fourth-order valence-electron chi connectivity index (χ4n) is 1.19. The molecule has 0 saturated carbocycles. The molecule has 0 aliphatic heterocycles. The number of nitriles is 1. The van der Waals surface area contributed by atoms with Crippen LogP contribution in [-0.2, 0) is 0 Å². The molecule has 6 nitrogen and oxygen atoms in total. The number of carbonyl (C=O) groups excluding carboxylic acids is 1. The number of hydrogen-bond acceptors (Lipinski definition) is 5. The van der Waals surface area contributed by atoms with E-state index in [1.165, 1.54) is 0 Å². The number of Topliss-reactive ketones (excluding diaryl/α,β-unsaturated/α-hetero) is 1. The number of nitrogens with zero attached hydrogens (tertiary/aromatic N) is 2. The molecule has 1 rings (SSSR count). The van der Waals surface area contributed by atoms with E-state index >= 15 is 0 Å². The second-order valence-electron chi connectivity index (χ2n) is 2.82. The van der Waals surface area contributed by atoms with Gasteiger partial charge < -0.3 is 5.11 Å². The Morgan fingerprint density at radius 3 is 2.69 bits per heavy atom. The summed E-state index contributed by atoms with van der Waals surface area (Å²) in [6.45, 7) is 0. The van der Waals surface area contributed by atoms with Gasteiger partial charge in [0.25, 0.3) is 5.69 Å². The number of phenols is 1. The molecular weight excluding hydrogens is 280 g/mol. The summed E-state index contributed by atoms with van der Waals surface area (Å²) in [5.41, 5.74) is -1.20. The predicted octanol–water partition coefficient (Wildman–Crippen LogP) is 1.75. The molecule has 1 aromatic rings. The molecule has 0 unspecified atom stereocenters. The molecule has 16 heavy (non-hydrogen) atoms. The fourth-order valence-corrected chi connectivity index (χ4v) is 1.49. The smallest absolute Gasteiger partial charge is 0.298 e. The van der Waals surface area contributed by atoms with Crippen molar-refractivity contribution >= 4 is 27.4 Å². The first-order valence-corrected chi connectivity index (χ1v) is 5.14. The van der Waals surface area contributed by atoms with Gasteiger partial charge in [-0.25, -0.2) is 0 Å². The van der Waals surface area contributed by atoms with Crippen LogP contribution in [0.3, 0.4) is 0 Å². The second kappa shape index (κ2) is 4.72. The van der Waals surface area contributed by atoms with Crippen LogP contribution in [-0.4, -0.2) is 21.1 Å². The first-order chi connectivity index (χ1) is 7.51. The van der Waals surface area contributed by atoms with Crippen molar-refractivity contribution in [2.75, 3.05) is 5.33 Å². The molecule has 0 aromatic heterocycles. The maximum absolute atomic E-state index is 11.4. The molecule has 0 fully saturated rings. The van der Waals surface area contributed by atoms with Crippen molar-refractivity contribution in [2.45, 2.75) is 0 Å². The number of aromatic hydroxyl groups is 1. The first kappa shape index (κ1) is 12.1. The van der Waals surface area contributed by atoms with Crippen LogP contribution in [0.25, 0.3) is 0 Å². The number of hydrogen-bond donors (Lipinski definition) is 1. The highest BCUT2D eigenvalue weighted by Gasteiger charge is 2.25. The third kappa shape index (κ3) is 2.17. The van der Waals surface area contributed by atoms with Gasteiger partial charge in [-0.2, -0.15) is 5.26 Å². The first-order valence-electron chi connectivity index (χ1n) is 4.02. The summed E-state index contributed by atoms with van der Waals surface area (Å²) in [5, 5.41) is 28.5. The lowest BCUT2D eigenvalue weighted by Gasteiger charge is -2.02. The van der Waals surface area contributed by atoms with E-state index in [1.807, 2.05) is 0 Å². The Hall–Kier alpha value is -1.94. The summed E-state index contributed by atoms with van der Waals surface area (Å²) in [7, 11) is 0. The lowest BCUT2D eigenvalue weighted by molar-refractivity contribution is -0.385. The highest BCUT2D eigenvalue weighted by atomic mass is 79.9. The number of nitro benzene ring substituents is 1. The van der Waals surface area contributed by atoms with Gasteiger partial charge >= 0.3 is 0 Å². The number of rotatable bonds is 3. The topological polar surface area (TPSA) is 104 Å². The quantitative estimate of drug-likeness (QED) is 0.394. The van der Waals surface area contributed by atoms with E-state index in [9.17, 15) is 20.0 Å². The number of nitro groups is 1. The number of halogens is 1. The summed E-state index contributed by atoms with van der Waals surface area (Å²) in [6.07, 6.45) is 0. The molecule has 1 aromatic carbocycles. The van der Waals surface area contributed by atoms with Gasteiger partial charge in [0.15, 0.2) is 5.78 Å². The Bertz CT molecular complexity index is 507. The van der Waals surface area contributed by atoms with Crippen LogP contribution in [0, 0.1) is 21.4 Å². The molecule has 0 aliphatic rings. The Labute approximate surface area is 98.4 Å². The SMILES string of the molecule is N#Cc1cc(O)cc(C(=O)CBr)c1[N+](=O)[O-]. The molecule has 1 N–H and O–H groups in total. The number of benzene rings is 1. The van der Waals surface area contributed by atoms with Gasteiger partial charge in [-0.1, -0.05) is 15.9 Å². The monoisotopic (exact) mass is 284 g/mol. The number of ketones is 1. The highest BCUT2D eigenvalue weighted by Crippen LogP contribution is 2.28. The molecule has 7 heteroatoms. The number of carbonyl (C=O) groups is 1. The highest BCUT2D eigenvalue weighted by molar-refractivity contribution is 9.09. The largest absolute Gasteiger partial charge is 0.508 e. The van der Waals surface area contributed by atoms with Gasteiger partial charge in [0, 0.05) is 6.07 Å². The van der Waals surface area contributed by atoms with Crippen LogP contribution in [0.5, 0.6) is 5.75 Å². The minimum Gasteiger partial charge on any atom is -0.508 e. The molecular formula is C9H5BrN2O4. The summed E-state index contributed by atoms with van der Waals surface area (Å²) >= 11 is 2.87. The van der Waals surface area contributed by atoms with Gasteiger partial charge in [0.05, 0.1) is 10.3 Å². The van der Waals surface area contributed by atoms with Gasteiger partial charge in [-0.05, 0) is 6.07 Å². The molecule has 0 heterocycles. The van der Waals surface area contributed by atoms with Crippen molar-refractivity contribution in [1.29, 1.82) is 5.26 Å². The molecule has 0 saturated heterocycles. The van der Waals surface area contributed by atoms with Crippen LogP contribution in [0.1, 0.15) is 15.9 Å². The van der Waals surface area contributed by atoms with Crippen LogP contribution in [0.2, 0.25) is 0 Å². The summed E-state index contributed by atoms with van der Waals surface area (Å²) in [5.74, 6) is -0.925. The average Bonchev–Trinajstić information content (AvgIpc) is 2.26. The van der Waals surface area contributed by atoms with Crippen LogP contribution < -0.4 is 0 Å². The lowest BCUT2D eigenvalue weighted by Crippen LogP contribution is -2.06. The van der Waals surface area contributed by atoms with Gasteiger partial charge in [0.1, 0.15) is 22.9 Å². The third-order valence-electron chi connectivity index (χ3n) is 1.82. The third-order valence-corrected chi connectivity index (χ3v) is 2.33. The van der Waals surface area contributed by atoms with Crippen molar-refractivity contribution in [2.24, 2.45) is 0 Å². The standard InChI is InChI=1S/C9H5BrN2O4/c10-3-8(14)7-2-6(13)1-5(4-11)9(7)12(15)16/h1-2,13H,3H2. The van der Waals surface area contributed by atoms with E-state index in [0.717, 1.165) is 12.1 Å². The van der Waals surface area contributed by atoms with E-state index in [2.05, 4.69) is 15.9 Å². The van der Waals surface area contributed by atoms with Crippen molar-refractivity contribution in [1.82, 2.24) is 0 Å². The normalized spacial score (nSPS) is 9.50. The number of alkyl halides is 1. The van der Waals surface area contributed by atoms with E-state index in [1.54, 1.807) is 6.07 Å². The minimum absolute atomic E-state index is 0.123. The van der Waals surface area contributed by atoms with E-state index in [4.69, 9.17) is 5.26 Å². The predicted molar refractivity (Wildman–Crippen MR) is 57.6 cm³/mol. The summed E-state index contributed by atoms with van der Waals surface area (Å²) < 4.78 is 0. The Morgan fingerprint density at radius 1 is 1.62 bits per heavy atom. The molecule has 0 atom stereocenters. The van der Waals surface area contributed by atoms with E-state index in [-0.39, 0.29) is 22.2 Å². The zero-order valence-electron chi connectivity index (χ0n) is 7.81. The van der Waals surface area contributed by atoms with Gasteiger partial charge in [-0.15, -0.1) is 0 Å². The zero-order chi connectivity index (χ0) is 12.3.